The second kappa shape index (κ2) is 5.38. The van der Waals surface area contributed by atoms with Gasteiger partial charge in [0, 0.05) is 12.1 Å². The average Bonchev–Trinajstić information content (AvgIpc) is 2.22. The molecule has 2 fully saturated rings. The number of rotatable bonds is 4. The lowest BCUT2D eigenvalue weighted by Crippen LogP contribution is -2.49. The second-order valence-corrected chi connectivity index (χ2v) is 6.24. The summed E-state index contributed by atoms with van der Waals surface area (Å²) in [5.41, 5.74) is 0. The Kier molecular flexibility index (Phi) is 4.08. The standard InChI is InChI=1S/C14H25NO2/c1-9(2)11-7-13(8-11)15-12-5-3-4-10(6-12)14(16)17/h9-13,15H,3-8H2,1-2H3,(H,16,17). The number of hydrogen-bond donors (Lipinski definition) is 2. The summed E-state index contributed by atoms with van der Waals surface area (Å²) in [6.45, 7) is 4.59. The van der Waals surface area contributed by atoms with Gasteiger partial charge in [-0.15, -0.1) is 0 Å². The number of carboxylic acid groups (broad SMARTS) is 1. The van der Waals surface area contributed by atoms with Crippen molar-refractivity contribution < 1.29 is 9.90 Å². The Bertz CT molecular complexity index is 271. The van der Waals surface area contributed by atoms with Crippen LogP contribution in [0.1, 0.15) is 52.4 Å². The molecule has 17 heavy (non-hydrogen) atoms. The van der Waals surface area contributed by atoms with Crippen molar-refractivity contribution in [1.82, 2.24) is 5.32 Å². The molecule has 0 radical (unpaired) electrons. The van der Waals surface area contributed by atoms with E-state index in [2.05, 4.69) is 19.2 Å². The van der Waals surface area contributed by atoms with Crippen molar-refractivity contribution >= 4 is 5.97 Å². The van der Waals surface area contributed by atoms with E-state index in [-0.39, 0.29) is 5.92 Å². The van der Waals surface area contributed by atoms with Crippen LogP contribution in [0.4, 0.5) is 0 Å². The third kappa shape index (κ3) is 3.21. The van der Waals surface area contributed by atoms with Gasteiger partial charge < -0.3 is 10.4 Å². The van der Waals surface area contributed by atoms with Crippen molar-refractivity contribution in [3.63, 3.8) is 0 Å². The summed E-state index contributed by atoms with van der Waals surface area (Å²) in [6.07, 6.45) is 6.49. The Morgan fingerprint density at radius 1 is 1.18 bits per heavy atom. The van der Waals surface area contributed by atoms with Crippen LogP contribution in [0.25, 0.3) is 0 Å². The van der Waals surface area contributed by atoms with Gasteiger partial charge in [0.15, 0.2) is 0 Å². The first-order chi connectivity index (χ1) is 8.06. The molecule has 0 amide bonds. The largest absolute Gasteiger partial charge is 0.481 e. The Hall–Kier alpha value is -0.570. The molecule has 0 spiro atoms. The molecule has 2 aliphatic rings. The number of hydrogen-bond acceptors (Lipinski definition) is 2. The highest BCUT2D eigenvalue weighted by Gasteiger charge is 2.34. The van der Waals surface area contributed by atoms with Crippen LogP contribution in [0.15, 0.2) is 0 Å². The van der Waals surface area contributed by atoms with Crippen LogP contribution in [0.2, 0.25) is 0 Å². The summed E-state index contributed by atoms with van der Waals surface area (Å²) in [4.78, 5) is 11.0. The zero-order valence-electron chi connectivity index (χ0n) is 11.0. The van der Waals surface area contributed by atoms with E-state index in [9.17, 15) is 4.79 Å². The molecule has 3 heteroatoms. The average molecular weight is 239 g/mol. The summed E-state index contributed by atoms with van der Waals surface area (Å²) in [5.74, 6) is 0.963. The molecular weight excluding hydrogens is 214 g/mol. The SMILES string of the molecule is CC(C)C1CC(NC2CCCC(C(=O)O)C2)C1. The van der Waals surface area contributed by atoms with Crippen molar-refractivity contribution in [2.75, 3.05) is 0 Å². The molecule has 0 aliphatic heterocycles. The minimum Gasteiger partial charge on any atom is -0.481 e. The fourth-order valence-electron chi connectivity index (χ4n) is 3.24. The summed E-state index contributed by atoms with van der Waals surface area (Å²) in [5, 5.41) is 12.7. The first kappa shape index (κ1) is 12.9. The summed E-state index contributed by atoms with van der Waals surface area (Å²) in [7, 11) is 0. The minimum atomic E-state index is -0.606. The lowest BCUT2D eigenvalue weighted by atomic mass is 9.73. The van der Waals surface area contributed by atoms with Crippen LogP contribution < -0.4 is 5.32 Å². The van der Waals surface area contributed by atoms with Gasteiger partial charge in [0.2, 0.25) is 0 Å². The monoisotopic (exact) mass is 239 g/mol. The zero-order chi connectivity index (χ0) is 12.4. The first-order valence-electron chi connectivity index (χ1n) is 7.05. The first-order valence-corrected chi connectivity index (χ1v) is 7.05. The van der Waals surface area contributed by atoms with E-state index >= 15 is 0 Å². The van der Waals surface area contributed by atoms with Gasteiger partial charge in [0.1, 0.15) is 0 Å². The van der Waals surface area contributed by atoms with E-state index in [0.29, 0.717) is 12.1 Å². The van der Waals surface area contributed by atoms with E-state index in [4.69, 9.17) is 5.11 Å². The van der Waals surface area contributed by atoms with Gasteiger partial charge in [0.25, 0.3) is 0 Å². The zero-order valence-corrected chi connectivity index (χ0v) is 11.0. The topological polar surface area (TPSA) is 49.3 Å². The van der Waals surface area contributed by atoms with E-state index in [1.165, 1.54) is 12.8 Å². The van der Waals surface area contributed by atoms with Crippen LogP contribution >= 0.6 is 0 Å². The third-order valence-corrected chi connectivity index (χ3v) is 4.61. The van der Waals surface area contributed by atoms with Gasteiger partial charge in [-0.2, -0.15) is 0 Å². The Morgan fingerprint density at radius 2 is 1.88 bits per heavy atom. The van der Waals surface area contributed by atoms with Gasteiger partial charge in [-0.3, -0.25) is 4.79 Å². The molecule has 2 unspecified atom stereocenters. The highest BCUT2D eigenvalue weighted by Crippen LogP contribution is 2.35. The predicted molar refractivity (Wildman–Crippen MR) is 67.9 cm³/mol. The fourth-order valence-corrected chi connectivity index (χ4v) is 3.24. The quantitative estimate of drug-likeness (QED) is 0.793. The summed E-state index contributed by atoms with van der Waals surface area (Å²) >= 11 is 0. The molecule has 2 rings (SSSR count). The molecule has 0 aromatic rings. The molecule has 2 saturated carbocycles. The lowest BCUT2D eigenvalue weighted by Gasteiger charge is -2.42. The van der Waals surface area contributed by atoms with Crippen LogP contribution in [0.3, 0.4) is 0 Å². The highest BCUT2D eigenvalue weighted by molar-refractivity contribution is 5.70. The van der Waals surface area contributed by atoms with E-state index in [0.717, 1.165) is 37.5 Å². The van der Waals surface area contributed by atoms with Crippen LogP contribution in [-0.4, -0.2) is 23.2 Å². The smallest absolute Gasteiger partial charge is 0.306 e. The van der Waals surface area contributed by atoms with E-state index in [1.807, 2.05) is 0 Å². The second-order valence-electron chi connectivity index (χ2n) is 6.24. The van der Waals surface area contributed by atoms with Gasteiger partial charge >= 0.3 is 5.97 Å². The van der Waals surface area contributed by atoms with Crippen molar-refractivity contribution in [3.05, 3.63) is 0 Å². The molecule has 0 heterocycles. The number of carboxylic acids is 1. The fraction of sp³-hybridized carbons (Fsp3) is 0.929. The maximum atomic E-state index is 11.0. The molecule has 0 saturated heterocycles. The van der Waals surface area contributed by atoms with Gasteiger partial charge in [0.05, 0.1) is 5.92 Å². The van der Waals surface area contributed by atoms with E-state index in [1.54, 1.807) is 0 Å². The Labute approximate surface area is 104 Å². The molecule has 98 valence electrons. The predicted octanol–water partition coefficient (Wildman–Crippen LogP) is 2.65. The molecule has 2 atom stereocenters. The number of carbonyl (C=O) groups is 1. The maximum absolute atomic E-state index is 11.0. The summed E-state index contributed by atoms with van der Waals surface area (Å²) in [6, 6.07) is 1.10. The highest BCUT2D eigenvalue weighted by atomic mass is 16.4. The van der Waals surface area contributed by atoms with Crippen molar-refractivity contribution in [3.8, 4) is 0 Å². The molecule has 2 N–H and O–H groups in total. The van der Waals surface area contributed by atoms with Crippen LogP contribution in [0, 0.1) is 17.8 Å². The normalized spacial score (nSPS) is 37.8. The number of nitrogens with one attached hydrogen (secondary N) is 1. The van der Waals surface area contributed by atoms with Gasteiger partial charge in [-0.1, -0.05) is 20.3 Å². The Balaban J connectivity index is 1.71. The molecule has 3 nitrogen and oxygen atoms in total. The minimum absolute atomic E-state index is 0.109. The van der Waals surface area contributed by atoms with Crippen molar-refractivity contribution in [1.29, 1.82) is 0 Å². The van der Waals surface area contributed by atoms with Crippen LogP contribution in [-0.2, 0) is 4.79 Å². The summed E-state index contributed by atoms with van der Waals surface area (Å²) < 4.78 is 0. The third-order valence-electron chi connectivity index (χ3n) is 4.61. The lowest BCUT2D eigenvalue weighted by molar-refractivity contribution is -0.143. The molecule has 2 aliphatic carbocycles. The van der Waals surface area contributed by atoms with Gasteiger partial charge in [-0.25, -0.2) is 0 Å². The molecule has 0 bridgehead atoms. The van der Waals surface area contributed by atoms with Crippen LogP contribution in [0.5, 0.6) is 0 Å². The number of aliphatic carboxylic acids is 1. The molecule has 0 aromatic heterocycles. The van der Waals surface area contributed by atoms with Gasteiger partial charge in [-0.05, 0) is 43.9 Å². The Morgan fingerprint density at radius 3 is 2.47 bits per heavy atom. The molecular formula is C14H25NO2. The van der Waals surface area contributed by atoms with Crippen molar-refractivity contribution in [2.45, 2.75) is 64.5 Å². The maximum Gasteiger partial charge on any atom is 0.306 e. The van der Waals surface area contributed by atoms with E-state index < -0.39 is 5.97 Å². The van der Waals surface area contributed by atoms with Crippen molar-refractivity contribution in [2.24, 2.45) is 17.8 Å². The molecule has 0 aromatic carbocycles.